The van der Waals surface area contributed by atoms with Gasteiger partial charge in [-0.3, -0.25) is 14.2 Å². The molecule has 0 unspecified atom stereocenters. The minimum absolute atomic E-state index is 0.0373. The SMILES string of the molecule is N#CCCN(C(=O)CSc1nc2ccccc2c(=O)n1-c1ccccc1)c1cccc(Cl)c1. The van der Waals surface area contributed by atoms with Crippen LogP contribution in [0.1, 0.15) is 6.42 Å². The van der Waals surface area contributed by atoms with Gasteiger partial charge in [-0.2, -0.15) is 5.26 Å². The Kier molecular flexibility index (Phi) is 7.08. The molecule has 0 N–H and O–H groups in total. The van der Waals surface area contributed by atoms with Crippen molar-refractivity contribution in [3.63, 3.8) is 0 Å². The summed E-state index contributed by atoms with van der Waals surface area (Å²) in [6, 6.07) is 25.4. The van der Waals surface area contributed by atoms with E-state index in [-0.39, 0.29) is 30.2 Å². The van der Waals surface area contributed by atoms with Crippen LogP contribution >= 0.6 is 23.4 Å². The second-order valence-electron chi connectivity index (χ2n) is 7.11. The summed E-state index contributed by atoms with van der Waals surface area (Å²) < 4.78 is 1.53. The number of fused-ring (bicyclic) bond motifs is 1. The zero-order valence-electron chi connectivity index (χ0n) is 17.5. The normalized spacial score (nSPS) is 10.7. The number of para-hydroxylation sites is 2. The molecule has 0 bridgehead atoms. The number of benzene rings is 3. The fourth-order valence-corrected chi connectivity index (χ4v) is 4.50. The maximum absolute atomic E-state index is 13.3. The van der Waals surface area contributed by atoms with Crippen molar-refractivity contribution in [2.24, 2.45) is 0 Å². The highest BCUT2D eigenvalue weighted by atomic mass is 35.5. The Labute approximate surface area is 200 Å². The molecule has 33 heavy (non-hydrogen) atoms. The minimum atomic E-state index is -0.209. The molecule has 0 aliphatic heterocycles. The van der Waals surface area contributed by atoms with Gasteiger partial charge >= 0.3 is 0 Å². The Morgan fingerprint density at radius 1 is 1.06 bits per heavy atom. The molecular formula is C25H19ClN4O2S. The lowest BCUT2D eigenvalue weighted by atomic mass is 10.2. The molecular weight excluding hydrogens is 456 g/mol. The predicted molar refractivity (Wildman–Crippen MR) is 132 cm³/mol. The van der Waals surface area contributed by atoms with E-state index in [1.54, 1.807) is 42.5 Å². The number of nitriles is 1. The van der Waals surface area contributed by atoms with Gasteiger partial charge in [-0.1, -0.05) is 59.8 Å². The number of aromatic nitrogens is 2. The first-order chi connectivity index (χ1) is 16.1. The number of amides is 1. The molecule has 1 amide bonds. The van der Waals surface area contributed by atoms with E-state index in [9.17, 15) is 9.59 Å². The van der Waals surface area contributed by atoms with Crippen molar-refractivity contribution in [1.29, 1.82) is 5.26 Å². The van der Waals surface area contributed by atoms with Crippen LogP contribution in [0.4, 0.5) is 5.69 Å². The van der Waals surface area contributed by atoms with Crippen molar-refractivity contribution in [3.05, 3.63) is 94.2 Å². The number of thioether (sulfide) groups is 1. The molecule has 0 spiro atoms. The van der Waals surface area contributed by atoms with Gasteiger partial charge in [0.25, 0.3) is 5.56 Å². The lowest BCUT2D eigenvalue weighted by Gasteiger charge is -2.22. The van der Waals surface area contributed by atoms with Gasteiger partial charge < -0.3 is 4.90 Å². The van der Waals surface area contributed by atoms with E-state index >= 15 is 0 Å². The molecule has 8 heteroatoms. The third-order valence-corrected chi connectivity index (χ3v) is 6.11. The third-order valence-electron chi connectivity index (χ3n) is 4.95. The molecule has 3 aromatic carbocycles. The van der Waals surface area contributed by atoms with Crippen molar-refractivity contribution < 1.29 is 4.79 Å². The Morgan fingerprint density at radius 2 is 1.82 bits per heavy atom. The lowest BCUT2D eigenvalue weighted by Crippen LogP contribution is -2.33. The van der Waals surface area contributed by atoms with Gasteiger partial charge in [0.1, 0.15) is 0 Å². The second kappa shape index (κ2) is 10.3. The highest BCUT2D eigenvalue weighted by molar-refractivity contribution is 7.99. The molecule has 0 saturated carbocycles. The highest BCUT2D eigenvalue weighted by Gasteiger charge is 2.19. The number of carbonyl (C=O) groups excluding carboxylic acids is 1. The summed E-state index contributed by atoms with van der Waals surface area (Å²) in [6.07, 6.45) is 0.186. The number of anilines is 1. The van der Waals surface area contributed by atoms with Crippen LogP contribution in [-0.4, -0.2) is 27.8 Å². The van der Waals surface area contributed by atoms with Gasteiger partial charge in [0, 0.05) is 17.3 Å². The highest BCUT2D eigenvalue weighted by Crippen LogP contribution is 2.24. The Hall–Kier alpha value is -3.60. The Bertz CT molecular complexity index is 1400. The molecule has 4 aromatic rings. The summed E-state index contributed by atoms with van der Waals surface area (Å²) in [5, 5.41) is 10.5. The Balaban J connectivity index is 1.69. The van der Waals surface area contributed by atoms with Crippen molar-refractivity contribution >= 4 is 45.9 Å². The average molecular weight is 475 g/mol. The van der Waals surface area contributed by atoms with E-state index in [0.717, 1.165) is 0 Å². The van der Waals surface area contributed by atoms with Gasteiger partial charge in [0.05, 0.1) is 34.8 Å². The van der Waals surface area contributed by atoms with Crippen LogP contribution in [0.25, 0.3) is 16.6 Å². The summed E-state index contributed by atoms with van der Waals surface area (Å²) in [5.74, 6) is -0.172. The zero-order valence-corrected chi connectivity index (χ0v) is 19.1. The molecule has 0 atom stereocenters. The molecule has 1 heterocycles. The molecule has 0 radical (unpaired) electrons. The van der Waals surface area contributed by atoms with E-state index in [2.05, 4.69) is 11.1 Å². The van der Waals surface area contributed by atoms with Crippen LogP contribution in [0.5, 0.6) is 0 Å². The van der Waals surface area contributed by atoms with Crippen molar-refractivity contribution in [2.75, 3.05) is 17.2 Å². The van der Waals surface area contributed by atoms with Crippen LogP contribution < -0.4 is 10.5 Å². The molecule has 0 saturated heterocycles. The van der Waals surface area contributed by atoms with Gasteiger partial charge in [-0.15, -0.1) is 0 Å². The molecule has 4 rings (SSSR count). The maximum Gasteiger partial charge on any atom is 0.266 e. The van der Waals surface area contributed by atoms with Gasteiger partial charge in [-0.05, 0) is 42.5 Å². The number of nitrogens with zero attached hydrogens (tertiary/aromatic N) is 4. The second-order valence-corrected chi connectivity index (χ2v) is 8.49. The standard InChI is InChI=1S/C25H19ClN4O2S/c26-18-8-6-11-20(16-18)29(15-7-14-27)23(31)17-33-25-28-22-13-5-4-12-21(22)24(32)30(25)19-9-2-1-3-10-19/h1-6,8-13,16H,7,15,17H2. The summed E-state index contributed by atoms with van der Waals surface area (Å²) >= 11 is 7.29. The quantitative estimate of drug-likeness (QED) is 0.276. The molecule has 164 valence electrons. The first-order valence-electron chi connectivity index (χ1n) is 10.2. The molecule has 6 nitrogen and oxygen atoms in total. The van der Waals surface area contributed by atoms with E-state index < -0.39 is 0 Å². The van der Waals surface area contributed by atoms with Crippen LogP contribution in [0.3, 0.4) is 0 Å². The number of carbonyl (C=O) groups is 1. The fraction of sp³-hybridized carbons (Fsp3) is 0.120. The minimum Gasteiger partial charge on any atom is -0.311 e. The smallest absolute Gasteiger partial charge is 0.266 e. The van der Waals surface area contributed by atoms with Crippen LogP contribution in [-0.2, 0) is 4.79 Å². The predicted octanol–water partition coefficient (Wildman–Crippen LogP) is 5.08. The van der Waals surface area contributed by atoms with Crippen LogP contribution in [0.15, 0.2) is 88.8 Å². The average Bonchev–Trinajstić information content (AvgIpc) is 2.84. The number of hydrogen-bond acceptors (Lipinski definition) is 5. The van der Waals surface area contributed by atoms with Crippen molar-refractivity contribution in [2.45, 2.75) is 11.6 Å². The maximum atomic E-state index is 13.3. The van der Waals surface area contributed by atoms with Gasteiger partial charge in [-0.25, -0.2) is 4.98 Å². The zero-order chi connectivity index (χ0) is 23.2. The number of rotatable bonds is 7. The van der Waals surface area contributed by atoms with Gasteiger partial charge in [0.2, 0.25) is 5.91 Å². The first kappa shape index (κ1) is 22.6. The van der Waals surface area contributed by atoms with Crippen molar-refractivity contribution in [1.82, 2.24) is 9.55 Å². The Morgan fingerprint density at radius 3 is 2.58 bits per heavy atom. The van der Waals surface area contributed by atoms with E-state index in [0.29, 0.717) is 32.5 Å². The van der Waals surface area contributed by atoms with E-state index in [1.165, 1.54) is 21.2 Å². The topological polar surface area (TPSA) is 79.0 Å². The van der Waals surface area contributed by atoms with Crippen LogP contribution in [0, 0.1) is 11.3 Å². The lowest BCUT2D eigenvalue weighted by molar-refractivity contribution is -0.116. The molecule has 0 aliphatic rings. The van der Waals surface area contributed by atoms with Crippen LogP contribution in [0.2, 0.25) is 5.02 Å². The summed E-state index contributed by atoms with van der Waals surface area (Å²) in [6.45, 7) is 0.243. The van der Waals surface area contributed by atoms with E-state index in [1.807, 2.05) is 36.4 Å². The summed E-state index contributed by atoms with van der Waals surface area (Å²) in [7, 11) is 0. The fourth-order valence-electron chi connectivity index (χ4n) is 3.42. The monoisotopic (exact) mass is 474 g/mol. The third kappa shape index (κ3) is 5.08. The number of halogens is 1. The molecule has 0 aliphatic carbocycles. The first-order valence-corrected chi connectivity index (χ1v) is 11.6. The molecule has 1 aromatic heterocycles. The largest absolute Gasteiger partial charge is 0.311 e. The van der Waals surface area contributed by atoms with E-state index in [4.69, 9.17) is 16.9 Å². The molecule has 0 fully saturated rings. The summed E-state index contributed by atoms with van der Waals surface area (Å²) in [5.41, 5.74) is 1.67. The van der Waals surface area contributed by atoms with Crippen molar-refractivity contribution in [3.8, 4) is 11.8 Å². The number of hydrogen-bond donors (Lipinski definition) is 0. The summed E-state index contributed by atoms with van der Waals surface area (Å²) in [4.78, 5) is 32.7. The van der Waals surface area contributed by atoms with Gasteiger partial charge in [0.15, 0.2) is 5.16 Å².